The summed E-state index contributed by atoms with van der Waals surface area (Å²) in [5, 5.41) is 3.49. The van der Waals surface area contributed by atoms with Crippen molar-refractivity contribution in [2.75, 3.05) is 5.32 Å². The van der Waals surface area contributed by atoms with Crippen LogP contribution in [0.1, 0.15) is 24.9 Å². The van der Waals surface area contributed by atoms with E-state index in [0.717, 1.165) is 16.6 Å². The number of fused-ring (bicyclic) bond motifs is 1. The number of aromatic amines is 1. The molecule has 0 spiro atoms. The van der Waals surface area contributed by atoms with Gasteiger partial charge in [0.1, 0.15) is 0 Å². The van der Waals surface area contributed by atoms with Crippen molar-refractivity contribution in [2.24, 2.45) is 0 Å². The van der Waals surface area contributed by atoms with E-state index < -0.39 is 5.76 Å². The van der Waals surface area contributed by atoms with Crippen LogP contribution in [0.2, 0.25) is 0 Å². The summed E-state index contributed by atoms with van der Waals surface area (Å²) in [6, 6.07) is 14.1. The minimum absolute atomic E-state index is 0.217. The van der Waals surface area contributed by atoms with Crippen LogP contribution >= 0.6 is 15.9 Å². The van der Waals surface area contributed by atoms with Crippen molar-refractivity contribution < 1.29 is 4.42 Å². The molecule has 5 heteroatoms. The quantitative estimate of drug-likeness (QED) is 0.733. The van der Waals surface area contributed by atoms with Crippen molar-refractivity contribution in [1.29, 1.82) is 0 Å². The van der Waals surface area contributed by atoms with Crippen LogP contribution in [0.15, 0.2) is 56.1 Å². The first-order valence-electron chi connectivity index (χ1n) is 6.80. The maximum absolute atomic E-state index is 11.2. The van der Waals surface area contributed by atoms with Crippen LogP contribution < -0.4 is 11.1 Å². The maximum atomic E-state index is 11.2. The van der Waals surface area contributed by atoms with Gasteiger partial charge in [-0.25, -0.2) is 4.79 Å². The van der Waals surface area contributed by atoms with Crippen LogP contribution in [0.25, 0.3) is 11.1 Å². The highest BCUT2D eigenvalue weighted by atomic mass is 79.9. The molecule has 0 aliphatic carbocycles. The number of oxazole rings is 1. The number of hydrogen-bond donors (Lipinski definition) is 2. The van der Waals surface area contributed by atoms with Gasteiger partial charge in [-0.05, 0) is 42.3 Å². The lowest BCUT2D eigenvalue weighted by molar-refractivity contribution is 0.555. The first kappa shape index (κ1) is 13.9. The highest BCUT2D eigenvalue weighted by Gasteiger charge is 2.10. The summed E-state index contributed by atoms with van der Waals surface area (Å²) in [5.41, 5.74) is 3.45. The molecule has 2 N–H and O–H groups in total. The molecule has 1 heterocycles. The Morgan fingerprint density at radius 1 is 1.24 bits per heavy atom. The molecule has 0 saturated heterocycles. The topological polar surface area (TPSA) is 58.0 Å². The van der Waals surface area contributed by atoms with Crippen LogP contribution in [-0.2, 0) is 0 Å². The minimum Gasteiger partial charge on any atom is -0.408 e. The Labute approximate surface area is 130 Å². The van der Waals surface area contributed by atoms with E-state index >= 15 is 0 Å². The van der Waals surface area contributed by atoms with Gasteiger partial charge in [-0.1, -0.05) is 35.0 Å². The summed E-state index contributed by atoms with van der Waals surface area (Å²) in [7, 11) is 0. The van der Waals surface area contributed by atoms with Gasteiger partial charge in [0.05, 0.1) is 11.6 Å². The number of anilines is 1. The van der Waals surface area contributed by atoms with Crippen molar-refractivity contribution in [3.8, 4) is 0 Å². The molecule has 1 unspecified atom stereocenters. The van der Waals surface area contributed by atoms with Gasteiger partial charge < -0.3 is 9.73 Å². The molecule has 3 rings (SSSR count). The zero-order valence-corrected chi connectivity index (χ0v) is 13.1. The Morgan fingerprint density at radius 3 is 2.71 bits per heavy atom. The van der Waals surface area contributed by atoms with Crippen LogP contribution in [-0.4, -0.2) is 4.98 Å². The van der Waals surface area contributed by atoms with Gasteiger partial charge >= 0.3 is 5.76 Å². The number of aromatic nitrogens is 1. The number of hydrogen-bond acceptors (Lipinski definition) is 3. The van der Waals surface area contributed by atoms with Crippen molar-refractivity contribution in [3.63, 3.8) is 0 Å². The van der Waals surface area contributed by atoms with Crippen LogP contribution in [0.5, 0.6) is 0 Å². The van der Waals surface area contributed by atoms with Gasteiger partial charge in [0.25, 0.3) is 0 Å². The van der Waals surface area contributed by atoms with Crippen molar-refractivity contribution in [1.82, 2.24) is 4.98 Å². The number of rotatable bonds is 4. The lowest BCUT2D eigenvalue weighted by Gasteiger charge is -2.19. The number of nitrogens with one attached hydrogen (secondary N) is 2. The van der Waals surface area contributed by atoms with E-state index in [0.29, 0.717) is 11.1 Å². The number of halogens is 1. The molecule has 2 aromatic carbocycles. The van der Waals surface area contributed by atoms with Crippen molar-refractivity contribution in [3.05, 3.63) is 63.1 Å². The predicted octanol–water partition coefficient (Wildman–Crippen LogP) is 4.45. The normalized spacial score (nSPS) is 12.5. The molecule has 1 atom stereocenters. The molecule has 4 nitrogen and oxygen atoms in total. The SMILES string of the molecule is CCC(Nc1ccc2oc(=O)[nH]c2c1)c1ccc(Br)cc1. The van der Waals surface area contributed by atoms with E-state index in [2.05, 4.69) is 45.3 Å². The second-order valence-electron chi connectivity index (χ2n) is 4.88. The van der Waals surface area contributed by atoms with Gasteiger partial charge in [-0.3, -0.25) is 4.98 Å². The second kappa shape index (κ2) is 5.77. The van der Waals surface area contributed by atoms with Gasteiger partial charge in [0, 0.05) is 10.2 Å². The summed E-state index contributed by atoms with van der Waals surface area (Å²) >= 11 is 3.45. The van der Waals surface area contributed by atoms with E-state index in [1.165, 1.54) is 5.56 Å². The molecule has 3 aromatic rings. The second-order valence-corrected chi connectivity index (χ2v) is 5.80. The Kier molecular flexibility index (Phi) is 3.84. The fourth-order valence-electron chi connectivity index (χ4n) is 2.36. The van der Waals surface area contributed by atoms with Crippen molar-refractivity contribution >= 4 is 32.7 Å². The first-order chi connectivity index (χ1) is 10.2. The third kappa shape index (κ3) is 3.03. The molecule has 0 amide bonds. The molecule has 0 saturated carbocycles. The van der Waals surface area contributed by atoms with E-state index in [-0.39, 0.29) is 6.04 Å². The summed E-state index contributed by atoms with van der Waals surface area (Å²) in [6.45, 7) is 2.14. The third-order valence-electron chi connectivity index (χ3n) is 3.44. The molecule has 0 aliphatic heterocycles. The molecule has 108 valence electrons. The molecule has 0 fully saturated rings. The first-order valence-corrected chi connectivity index (χ1v) is 7.60. The van der Waals surface area contributed by atoms with Crippen LogP contribution in [0.3, 0.4) is 0 Å². The lowest BCUT2D eigenvalue weighted by Crippen LogP contribution is -2.09. The fraction of sp³-hybridized carbons (Fsp3) is 0.188. The lowest BCUT2D eigenvalue weighted by atomic mass is 10.0. The Balaban J connectivity index is 1.87. The Morgan fingerprint density at radius 2 is 2.00 bits per heavy atom. The van der Waals surface area contributed by atoms with E-state index in [4.69, 9.17) is 4.42 Å². The monoisotopic (exact) mass is 346 g/mol. The standard InChI is InChI=1S/C16H15BrN2O2/c1-2-13(10-3-5-11(17)6-4-10)18-12-7-8-15-14(9-12)19-16(20)21-15/h3-9,13,18H,2H2,1H3,(H,19,20). The number of H-pyrrole nitrogens is 1. The highest BCUT2D eigenvalue weighted by molar-refractivity contribution is 9.10. The van der Waals surface area contributed by atoms with E-state index in [1.807, 2.05) is 24.3 Å². The maximum Gasteiger partial charge on any atom is 0.417 e. The Bertz CT molecular complexity index is 805. The highest BCUT2D eigenvalue weighted by Crippen LogP contribution is 2.25. The van der Waals surface area contributed by atoms with Crippen LogP contribution in [0, 0.1) is 0 Å². The molecule has 0 radical (unpaired) electrons. The molecular formula is C16H15BrN2O2. The van der Waals surface area contributed by atoms with Gasteiger partial charge in [-0.2, -0.15) is 0 Å². The predicted molar refractivity (Wildman–Crippen MR) is 87.6 cm³/mol. The van der Waals surface area contributed by atoms with E-state index in [1.54, 1.807) is 6.07 Å². The summed E-state index contributed by atoms with van der Waals surface area (Å²) in [4.78, 5) is 13.9. The molecule has 21 heavy (non-hydrogen) atoms. The number of benzene rings is 2. The van der Waals surface area contributed by atoms with Crippen LogP contribution in [0.4, 0.5) is 5.69 Å². The van der Waals surface area contributed by atoms with Gasteiger partial charge in [0.15, 0.2) is 5.58 Å². The summed E-state index contributed by atoms with van der Waals surface area (Å²) < 4.78 is 6.08. The summed E-state index contributed by atoms with van der Waals surface area (Å²) in [6.07, 6.45) is 0.960. The minimum atomic E-state index is -0.429. The zero-order valence-electron chi connectivity index (χ0n) is 11.5. The smallest absolute Gasteiger partial charge is 0.408 e. The molecule has 0 bridgehead atoms. The average Bonchev–Trinajstić information content (AvgIpc) is 2.85. The van der Waals surface area contributed by atoms with Gasteiger partial charge in [-0.15, -0.1) is 0 Å². The largest absolute Gasteiger partial charge is 0.417 e. The summed E-state index contributed by atoms with van der Waals surface area (Å²) in [5.74, 6) is -0.429. The van der Waals surface area contributed by atoms with Crippen molar-refractivity contribution in [2.45, 2.75) is 19.4 Å². The fourth-order valence-corrected chi connectivity index (χ4v) is 2.62. The van der Waals surface area contributed by atoms with Gasteiger partial charge in [0.2, 0.25) is 0 Å². The zero-order chi connectivity index (χ0) is 14.8. The molecular weight excluding hydrogens is 332 g/mol. The van der Waals surface area contributed by atoms with E-state index in [9.17, 15) is 4.79 Å². The Hall–Kier alpha value is -2.01. The molecule has 0 aliphatic rings. The average molecular weight is 347 g/mol. The molecule has 1 aromatic heterocycles. The third-order valence-corrected chi connectivity index (χ3v) is 3.97.